The number of carbonyl (C=O) groups is 1. The van der Waals surface area contributed by atoms with E-state index in [0.29, 0.717) is 15.5 Å². The van der Waals surface area contributed by atoms with Gasteiger partial charge in [0.2, 0.25) is 0 Å². The van der Waals surface area contributed by atoms with E-state index in [0.717, 1.165) is 41.6 Å². The molecule has 5 nitrogen and oxygen atoms in total. The van der Waals surface area contributed by atoms with Crippen LogP contribution in [0.3, 0.4) is 0 Å². The Bertz CT molecular complexity index is 1060. The number of nitrogens with zero attached hydrogens (tertiary/aromatic N) is 2. The van der Waals surface area contributed by atoms with Crippen molar-refractivity contribution in [3.05, 3.63) is 62.4 Å². The SMILES string of the molecule is NCC(Cc1ccc(F)cc1F)NC(=O)c1cc2c(s1)CCCn1ncc(Cl)c1-2. The highest BCUT2D eigenvalue weighted by Gasteiger charge is 2.24. The normalized spacial score (nSPS) is 14.1. The van der Waals surface area contributed by atoms with Crippen molar-refractivity contribution in [2.24, 2.45) is 5.73 Å². The molecule has 1 amide bonds. The molecule has 0 radical (unpaired) electrons. The zero-order valence-corrected chi connectivity index (χ0v) is 17.0. The van der Waals surface area contributed by atoms with E-state index in [2.05, 4.69) is 10.4 Å². The van der Waals surface area contributed by atoms with Crippen molar-refractivity contribution < 1.29 is 13.6 Å². The van der Waals surface area contributed by atoms with E-state index in [4.69, 9.17) is 17.3 Å². The molecule has 0 saturated carbocycles. The molecule has 3 aromatic rings. The molecule has 1 atom stereocenters. The average Bonchev–Trinajstić information content (AvgIpc) is 3.22. The third kappa shape index (κ3) is 4.05. The first-order valence-corrected chi connectivity index (χ1v) is 10.4. The van der Waals surface area contributed by atoms with E-state index in [1.165, 1.54) is 23.5 Å². The monoisotopic (exact) mass is 436 g/mol. The minimum absolute atomic E-state index is 0.131. The van der Waals surface area contributed by atoms with E-state index in [1.54, 1.807) is 6.20 Å². The second kappa shape index (κ2) is 8.22. The molecule has 1 unspecified atom stereocenters. The van der Waals surface area contributed by atoms with Gasteiger partial charge in [0.05, 0.1) is 21.8 Å². The number of nitrogens with one attached hydrogen (secondary N) is 1. The first-order valence-electron chi connectivity index (χ1n) is 9.25. The van der Waals surface area contributed by atoms with Gasteiger partial charge >= 0.3 is 0 Å². The quantitative estimate of drug-likeness (QED) is 0.639. The summed E-state index contributed by atoms with van der Waals surface area (Å²) >= 11 is 7.73. The largest absolute Gasteiger partial charge is 0.347 e. The second-order valence-corrected chi connectivity index (χ2v) is 8.51. The maximum Gasteiger partial charge on any atom is 0.261 e. The van der Waals surface area contributed by atoms with Crippen molar-refractivity contribution in [2.75, 3.05) is 6.54 Å². The summed E-state index contributed by atoms with van der Waals surface area (Å²) in [5.74, 6) is -1.57. The molecular formula is C20H19ClF2N4OS. The molecule has 152 valence electrons. The second-order valence-electron chi connectivity index (χ2n) is 6.96. The molecule has 0 saturated heterocycles. The van der Waals surface area contributed by atoms with Gasteiger partial charge in [-0.05, 0) is 37.0 Å². The molecule has 0 bridgehead atoms. The summed E-state index contributed by atoms with van der Waals surface area (Å²) < 4.78 is 28.9. The number of rotatable bonds is 5. The fraction of sp³-hybridized carbons (Fsp3) is 0.300. The summed E-state index contributed by atoms with van der Waals surface area (Å²) in [7, 11) is 0. The van der Waals surface area contributed by atoms with Crippen molar-refractivity contribution in [3.63, 3.8) is 0 Å². The molecule has 1 aliphatic heterocycles. The Hall–Kier alpha value is -2.29. The molecule has 0 fully saturated rings. The highest BCUT2D eigenvalue weighted by molar-refractivity contribution is 7.14. The van der Waals surface area contributed by atoms with Crippen LogP contribution in [0.2, 0.25) is 5.02 Å². The smallest absolute Gasteiger partial charge is 0.261 e. The molecule has 4 rings (SSSR count). The van der Waals surface area contributed by atoms with E-state index in [1.807, 2.05) is 10.7 Å². The van der Waals surface area contributed by atoms with Crippen molar-refractivity contribution in [1.29, 1.82) is 0 Å². The molecule has 0 aliphatic carbocycles. The van der Waals surface area contributed by atoms with Gasteiger partial charge in [-0.3, -0.25) is 9.48 Å². The number of carbonyl (C=O) groups excluding carboxylic acids is 1. The van der Waals surface area contributed by atoms with Crippen LogP contribution in [-0.2, 0) is 19.4 Å². The fourth-order valence-corrected chi connectivity index (χ4v) is 4.87. The molecule has 2 aromatic heterocycles. The molecule has 29 heavy (non-hydrogen) atoms. The first kappa shape index (κ1) is 20.0. The average molecular weight is 437 g/mol. The molecular weight excluding hydrogens is 418 g/mol. The molecule has 3 N–H and O–H groups in total. The van der Waals surface area contributed by atoms with Gasteiger partial charge in [0, 0.05) is 35.6 Å². The maximum atomic E-state index is 13.9. The van der Waals surface area contributed by atoms with Crippen LogP contribution < -0.4 is 11.1 Å². The van der Waals surface area contributed by atoms with Crippen molar-refractivity contribution in [2.45, 2.75) is 31.8 Å². The number of fused-ring (bicyclic) bond motifs is 3. The number of aryl methyl sites for hydroxylation is 2. The predicted octanol–water partition coefficient (Wildman–Crippen LogP) is 3.79. The van der Waals surface area contributed by atoms with Gasteiger partial charge in [-0.25, -0.2) is 8.78 Å². The molecule has 3 heterocycles. The van der Waals surface area contributed by atoms with Crippen molar-refractivity contribution in [1.82, 2.24) is 15.1 Å². The summed E-state index contributed by atoms with van der Waals surface area (Å²) in [5, 5.41) is 7.72. The number of benzene rings is 1. The molecule has 9 heteroatoms. The minimum atomic E-state index is -0.650. The van der Waals surface area contributed by atoms with Crippen molar-refractivity contribution in [3.8, 4) is 11.3 Å². The Balaban J connectivity index is 1.54. The summed E-state index contributed by atoms with van der Waals surface area (Å²) in [5.41, 5.74) is 7.84. The third-order valence-electron chi connectivity index (χ3n) is 4.96. The van der Waals surface area contributed by atoms with E-state index >= 15 is 0 Å². The molecule has 1 aromatic carbocycles. The Kier molecular flexibility index (Phi) is 5.67. The van der Waals surface area contributed by atoms with Gasteiger partial charge in [-0.1, -0.05) is 17.7 Å². The number of hydrogen-bond donors (Lipinski definition) is 2. The van der Waals surface area contributed by atoms with Crippen LogP contribution in [0.15, 0.2) is 30.5 Å². The van der Waals surface area contributed by atoms with Crippen LogP contribution >= 0.6 is 22.9 Å². The van der Waals surface area contributed by atoms with Gasteiger partial charge < -0.3 is 11.1 Å². The number of hydrogen-bond acceptors (Lipinski definition) is 4. The van der Waals surface area contributed by atoms with Crippen LogP contribution in [0.5, 0.6) is 0 Å². The summed E-state index contributed by atoms with van der Waals surface area (Å²) in [6.07, 6.45) is 3.55. The Labute approximate surface area is 175 Å². The zero-order valence-electron chi connectivity index (χ0n) is 15.4. The van der Waals surface area contributed by atoms with Gasteiger partial charge in [0.1, 0.15) is 11.6 Å². The highest BCUT2D eigenvalue weighted by Crippen LogP contribution is 2.38. The summed E-state index contributed by atoms with van der Waals surface area (Å²) in [4.78, 5) is 14.4. The summed E-state index contributed by atoms with van der Waals surface area (Å²) in [6, 6.07) is 4.74. The van der Waals surface area contributed by atoms with Gasteiger partial charge in [-0.15, -0.1) is 11.3 Å². The molecule has 1 aliphatic rings. The predicted molar refractivity (Wildman–Crippen MR) is 109 cm³/mol. The van der Waals surface area contributed by atoms with E-state index in [9.17, 15) is 13.6 Å². The fourth-order valence-electron chi connectivity index (χ4n) is 3.52. The lowest BCUT2D eigenvalue weighted by atomic mass is 10.0. The van der Waals surface area contributed by atoms with Crippen LogP contribution in [0.4, 0.5) is 8.78 Å². The van der Waals surface area contributed by atoms with Crippen LogP contribution in [0.25, 0.3) is 11.3 Å². The van der Waals surface area contributed by atoms with Crippen LogP contribution in [-0.4, -0.2) is 28.3 Å². The van der Waals surface area contributed by atoms with Crippen LogP contribution in [0, 0.1) is 11.6 Å². The summed E-state index contributed by atoms with van der Waals surface area (Å²) in [6.45, 7) is 0.912. The lowest BCUT2D eigenvalue weighted by Crippen LogP contribution is -2.41. The van der Waals surface area contributed by atoms with Crippen LogP contribution in [0.1, 0.15) is 26.5 Å². The first-order chi connectivity index (χ1) is 14.0. The standard InChI is InChI=1S/C20H19ClF2N4OS/c21-15-10-25-27-5-1-2-17-14(19(15)27)8-18(29-17)20(28)26-13(9-24)6-11-3-4-12(22)7-16(11)23/h3-4,7-8,10,13H,1-2,5-6,9,24H2,(H,26,28). The topological polar surface area (TPSA) is 72.9 Å². The van der Waals surface area contributed by atoms with Gasteiger partial charge in [0.25, 0.3) is 5.91 Å². The van der Waals surface area contributed by atoms with Gasteiger partial charge in [-0.2, -0.15) is 5.10 Å². The lowest BCUT2D eigenvalue weighted by molar-refractivity contribution is 0.0942. The molecule has 0 spiro atoms. The number of halogens is 3. The highest BCUT2D eigenvalue weighted by atomic mass is 35.5. The number of thiophene rings is 1. The number of amides is 1. The van der Waals surface area contributed by atoms with E-state index in [-0.39, 0.29) is 18.9 Å². The van der Waals surface area contributed by atoms with Gasteiger partial charge in [0.15, 0.2) is 0 Å². The Morgan fingerprint density at radius 1 is 1.38 bits per heavy atom. The number of nitrogens with two attached hydrogens (primary N) is 1. The Morgan fingerprint density at radius 2 is 2.21 bits per heavy atom. The zero-order chi connectivity index (χ0) is 20.5. The third-order valence-corrected chi connectivity index (χ3v) is 6.43. The van der Waals surface area contributed by atoms with E-state index < -0.39 is 17.7 Å². The minimum Gasteiger partial charge on any atom is -0.347 e. The van der Waals surface area contributed by atoms with Crippen molar-refractivity contribution >= 4 is 28.8 Å². The lowest BCUT2D eigenvalue weighted by Gasteiger charge is -2.17. The Morgan fingerprint density at radius 3 is 2.97 bits per heavy atom. The maximum absolute atomic E-state index is 13.9. The number of aromatic nitrogens is 2.